The highest BCUT2D eigenvalue weighted by Gasteiger charge is 2.37. The van der Waals surface area contributed by atoms with Gasteiger partial charge in [-0.2, -0.15) is 0 Å². The van der Waals surface area contributed by atoms with Gasteiger partial charge >= 0.3 is 0 Å². The van der Waals surface area contributed by atoms with Crippen LogP contribution in [0.3, 0.4) is 0 Å². The average Bonchev–Trinajstić information content (AvgIpc) is 3.25. The van der Waals surface area contributed by atoms with Crippen molar-refractivity contribution in [2.24, 2.45) is 5.92 Å². The number of piperidine rings is 1. The van der Waals surface area contributed by atoms with E-state index in [1.807, 2.05) is 29.3 Å². The van der Waals surface area contributed by atoms with Gasteiger partial charge in [0.05, 0.1) is 17.9 Å². The van der Waals surface area contributed by atoms with Gasteiger partial charge in [0.25, 0.3) is 0 Å². The lowest BCUT2D eigenvalue weighted by molar-refractivity contribution is -0.141. The van der Waals surface area contributed by atoms with Crippen LogP contribution in [-0.4, -0.2) is 67.2 Å². The van der Waals surface area contributed by atoms with Crippen molar-refractivity contribution in [3.8, 4) is 0 Å². The van der Waals surface area contributed by atoms with Crippen LogP contribution in [0.4, 0.5) is 0 Å². The van der Waals surface area contributed by atoms with Crippen molar-refractivity contribution >= 4 is 33.0 Å². The molecule has 1 aromatic heterocycles. The van der Waals surface area contributed by atoms with E-state index >= 15 is 0 Å². The molecule has 0 radical (unpaired) electrons. The molecule has 0 bridgehead atoms. The number of amides is 2. The van der Waals surface area contributed by atoms with Crippen LogP contribution in [0.25, 0.3) is 0 Å². The third kappa shape index (κ3) is 4.46. The molecule has 3 rings (SSSR count). The molecule has 1 unspecified atom stereocenters. The van der Waals surface area contributed by atoms with E-state index in [1.165, 1.54) is 0 Å². The van der Waals surface area contributed by atoms with E-state index in [2.05, 4.69) is 0 Å². The second-order valence-corrected chi connectivity index (χ2v) is 10.4. The summed E-state index contributed by atoms with van der Waals surface area (Å²) < 4.78 is 23.5. The maximum Gasteiger partial charge on any atom is 0.227 e. The normalized spacial score (nSPS) is 23.1. The number of nitrogens with zero attached hydrogens (tertiary/aromatic N) is 2. The number of hydrogen-bond donors (Lipinski definition) is 0. The molecule has 2 aliphatic rings. The van der Waals surface area contributed by atoms with Crippen molar-refractivity contribution in [2.75, 3.05) is 31.1 Å². The first-order valence-corrected chi connectivity index (χ1v) is 11.9. The lowest BCUT2D eigenvalue weighted by Gasteiger charge is -2.36. The largest absolute Gasteiger partial charge is 0.342 e. The molecular weight excluding hydrogens is 372 g/mol. The van der Waals surface area contributed by atoms with Crippen molar-refractivity contribution in [1.29, 1.82) is 0 Å². The molecule has 2 amide bonds. The zero-order valence-corrected chi connectivity index (χ0v) is 16.7. The summed E-state index contributed by atoms with van der Waals surface area (Å²) in [4.78, 5) is 29.9. The van der Waals surface area contributed by atoms with Crippen molar-refractivity contribution in [3.63, 3.8) is 0 Å². The highest BCUT2D eigenvalue weighted by molar-refractivity contribution is 7.91. The Balaban J connectivity index is 1.53. The van der Waals surface area contributed by atoms with Gasteiger partial charge in [-0.3, -0.25) is 9.59 Å². The molecule has 6 nitrogen and oxygen atoms in total. The van der Waals surface area contributed by atoms with Gasteiger partial charge in [0.1, 0.15) is 0 Å². The van der Waals surface area contributed by atoms with Gasteiger partial charge in [-0.05, 0) is 37.6 Å². The number of carbonyl (C=O) groups is 2. The first-order chi connectivity index (χ1) is 12.4. The van der Waals surface area contributed by atoms with Gasteiger partial charge in [0, 0.05) is 36.5 Å². The fourth-order valence-electron chi connectivity index (χ4n) is 3.90. The minimum Gasteiger partial charge on any atom is -0.342 e. The Morgan fingerprint density at radius 3 is 2.54 bits per heavy atom. The van der Waals surface area contributed by atoms with Gasteiger partial charge in [0.15, 0.2) is 9.84 Å². The minimum atomic E-state index is -3.01. The molecule has 1 atom stereocenters. The molecule has 3 heterocycles. The van der Waals surface area contributed by atoms with Crippen LogP contribution in [-0.2, 0) is 25.8 Å². The van der Waals surface area contributed by atoms with Crippen LogP contribution in [0.15, 0.2) is 17.5 Å². The monoisotopic (exact) mass is 398 g/mol. The van der Waals surface area contributed by atoms with Crippen molar-refractivity contribution in [2.45, 2.75) is 38.6 Å². The van der Waals surface area contributed by atoms with E-state index in [9.17, 15) is 18.0 Å². The number of hydrogen-bond acceptors (Lipinski definition) is 5. The van der Waals surface area contributed by atoms with Crippen LogP contribution in [0.2, 0.25) is 0 Å². The Morgan fingerprint density at radius 1 is 1.27 bits per heavy atom. The lowest BCUT2D eigenvalue weighted by atomic mass is 9.94. The average molecular weight is 399 g/mol. The molecule has 144 valence electrons. The molecule has 2 aliphatic heterocycles. The maximum absolute atomic E-state index is 12.9. The van der Waals surface area contributed by atoms with E-state index in [1.54, 1.807) is 16.2 Å². The Hall–Kier alpha value is -1.41. The molecule has 1 aromatic rings. The van der Waals surface area contributed by atoms with E-state index in [4.69, 9.17) is 0 Å². The van der Waals surface area contributed by atoms with Crippen molar-refractivity contribution in [3.05, 3.63) is 22.4 Å². The quantitative estimate of drug-likeness (QED) is 0.754. The molecule has 0 spiro atoms. The summed E-state index contributed by atoms with van der Waals surface area (Å²) in [7, 11) is -3.01. The zero-order chi connectivity index (χ0) is 18.7. The summed E-state index contributed by atoms with van der Waals surface area (Å²) in [6, 6.07) is 3.73. The Morgan fingerprint density at radius 2 is 2.00 bits per heavy atom. The molecular formula is C18H26N2O4S2. The Labute approximate surface area is 159 Å². The number of likely N-dealkylation sites (tertiary alicyclic amines) is 1. The lowest BCUT2D eigenvalue weighted by Crippen LogP contribution is -2.48. The predicted octanol–water partition coefficient (Wildman–Crippen LogP) is 1.56. The standard InChI is InChI=1S/C18H26N2O4S2/c1-2-20(15-7-11-26(23,24)13-15)18(22)14-5-8-19(9-6-14)17(21)12-16-4-3-10-25-16/h3-4,10,14-15H,2,5-9,11-13H2,1H3. The van der Waals surface area contributed by atoms with E-state index in [0.29, 0.717) is 45.3 Å². The maximum atomic E-state index is 12.9. The summed E-state index contributed by atoms with van der Waals surface area (Å²) in [5, 5.41) is 1.97. The van der Waals surface area contributed by atoms with Gasteiger partial charge < -0.3 is 9.80 Å². The second-order valence-electron chi connectivity index (χ2n) is 7.09. The van der Waals surface area contributed by atoms with E-state index in [-0.39, 0.29) is 35.3 Å². The molecule has 0 aliphatic carbocycles. The molecule has 26 heavy (non-hydrogen) atoms. The first-order valence-electron chi connectivity index (χ1n) is 9.20. The van der Waals surface area contributed by atoms with Gasteiger partial charge in [0.2, 0.25) is 11.8 Å². The number of sulfone groups is 1. The van der Waals surface area contributed by atoms with Crippen LogP contribution < -0.4 is 0 Å². The second kappa shape index (κ2) is 8.08. The summed E-state index contributed by atoms with van der Waals surface area (Å²) >= 11 is 1.58. The topological polar surface area (TPSA) is 74.8 Å². The summed E-state index contributed by atoms with van der Waals surface area (Å²) in [6.45, 7) is 3.64. The zero-order valence-electron chi connectivity index (χ0n) is 15.1. The summed E-state index contributed by atoms with van der Waals surface area (Å²) in [5.41, 5.74) is 0. The van der Waals surface area contributed by atoms with Crippen molar-refractivity contribution < 1.29 is 18.0 Å². The highest BCUT2D eigenvalue weighted by Crippen LogP contribution is 2.25. The SMILES string of the molecule is CCN(C(=O)C1CCN(C(=O)Cc2cccs2)CC1)C1CCS(=O)(=O)C1. The number of thiophene rings is 1. The fourth-order valence-corrected chi connectivity index (χ4v) is 6.33. The molecule has 2 saturated heterocycles. The van der Waals surface area contributed by atoms with Crippen molar-refractivity contribution in [1.82, 2.24) is 9.80 Å². The fraction of sp³-hybridized carbons (Fsp3) is 0.667. The smallest absolute Gasteiger partial charge is 0.227 e. The van der Waals surface area contributed by atoms with Gasteiger partial charge in [-0.1, -0.05) is 6.07 Å². The van der Waals surface area contributed by atoms with Crippen LogP contribution >= 0.6 is 11.3 Å². The molecule has 2 fully saturated rings. The Kier molecular flexibility index (Phi) is 6.02. The third-order valence-electron chi connectivity index (χ3n) is 5.38. The summed E-state index contributed by atoms with van der Waals surface area (Å²) in [5.74, 6) is 0.332. The number of rotatable bonds is 5. The van der Waals surface area contributed by atoms with Crippen LogP contribution in [0, 0.1) is 5.92 Å². The predicted molar refractivity (Wildman–Crippen MR) is 102 cm³/mol. The summed E-state index contributed by atoms with van der Waals surface area (Å²) in [6.07, 6.45) is 2.29. The van der Waals surface area contributed by atoms with E-state index < -0.39 is 9.84 Å². The molecule has 0 saturated carbocycles. The number of carbonyl (C=O) groups excluding carboxylic acids is 2. The van der Waals surface area contributed by atoms with E-state index in [0.717, 1.165) is 4.88 Å². The molecule has 8 heteroatoms. The molecule has 0 aromatic carbocycles. The molecule has 0 N–H and O–H groups in total. The van der Waals surface area contributed by atoms with Gasteiger partial charge in [-0.15, -0.1) is 11.3 Å². The first kappa shape index (κ1) is 19.4. The van der Waals surface area contributed by atoms with Crippen LogP contribution in [0.5, 0.6) is 0 Å². The minimum absolute atomic E-state index is 0.0555. The third-order valence-corrected chi connectivity index (χ3v) is 8.00. The van der Waals surface area contributed by atoms with Gasteiger partial charge in [-0.25, -0.2) is 8.42 Å². The highest BCUT2D eigenvalue weighted by atomic mass is 32.2. The Bertz CT molecular complexity index is 737. The van der Waals surface area contributed by atoms with Crippen LogP contribution in [0.1, 0.15) is 31.1 Å².